The predicted octanol–water partition coefficient (Wildman–Crippen LogP) is 4.94. The van der Waals surface area contributed by atoms with Gasteiger partial charge in [0.1, 0.15) is 42.5 Å². The number of aliphatic hydroxyl groups is 3. The van der Waals surface area contributed by atoms with Gasteiger partial charge in [-0.3, -0.25) is 4.79 Å². The second-order valence-electron chi connectivity index (χ2n) is 14.9. The quantitative estimate of drug-likeness (QED) is 0.212. The van der Waals surface area contributed by atoms with E-state index in [4.69, 9.17) is 23.7 Å². The van der Waals surface area contributed by atoms with E-state index in [1.807, 2.05) is 39.0 Å². The van der Waals surface area contributed by atoms with Crippen LogP contribution in [0.1, 0.15) is 80.6 Å². The second-order valence-corrected chi connectivity index (χ2v) is 14.9. The predicted molar refractivity (Wildman–Crippen MR) is 183 cm³/mol. The first-order chi connectivity index (χ1) is 23.2. The Bertz CT molecular complexity index is 1450. The van der Waals surface area contributed by atoms with Crippen molar-refractivity contribution < 1.29 is 48.6 Å². The van der Waals surface area contributed by atoms with Crippen LogP contribution in [0.5, 0.6) is 0 Å². The molecule has 10 nitrogen and oxygen atoms in total. The van der Waals surface area contributed by atoms with Gasteiger partial charge in [-0.15, -0.1) is 0 Å². The largest absolute Gasteiger partial charge is 0.462 e. The normalized spacial score (nSPS) is 42.8. The molecule has 1 spiro atoms. The van der Waals surface area contributed by atoms with Gasteiger partial charge in [0.25, 0.3) is 0 Å². The molecule has 2 bridgehead atoms. The van der Waals surface area contributed by atoms with Crippen molar-refractivity contribution in [3.63, 3.8) is 0 Å². The van der Waals surface area contributed by atoms with Crippen LogP contribution in [-0.4, -0.2) is 88.5 Å². The first-order valence-corrected chi connectivity index (χ1v) is 17.6. The molecule has 0 radical (unpaired) electrons. The zero-order chi connectivity index (χ0) is 35.7. The fourth-order valence-electron chi connectivity index (χ4n) is 7.90. The van der Waals surface area contributed by atoms with Crippen molar-refractivity contribution >= 4 is 11.9 Å². The van der Waals surface area contributed by atoms with E-state index >= 15 is 0 Å². The molecule has 5 aliphatic rings. The average molecular weight is 683 g/mol. The maximum atomic E-state index is 14.3. The van der Waals surface area contributed by atoms with Crippen molar-refractivity contribution in [1.82, 2.24) is 0 Å². The molecule has 0 aromatic carbocycles. The molecule has 3 fully saturated rings. The summed E-state index contributed by atoms with van der Waals surface area (Å²) < 4.78 is 30.9. The lowest BCUT2D eigenvalue weighted by Gasteiger charge is -2.52. The molecule has 11 atom stereocenters. The second kappa shape index (κ2) is 15.2. The van der Waals surface area contributed by atoms with Gasteiger partial charge in [0.2, 0.25) is 0 Å². The average Bonchev–Trinajstić information content (AvgIpc) is 3.37. The number of carbonyl (C=O) groups excluding carboxylic acids is 2. The first-order valence-electron chi connectivity index (χ1n) is 17.6. The monoisotopic (exact) mass is 682 g/mol. The molecule has 4 aliphatic heterocycles. The highest BCUT2D eigenvalue weighted by Gasteiger charge is 2.61. The van der Waals surface area contributed by atoms with E-state index in [1.54, 1.807) is 19.9 Å². The third-order valence-electron chi connectivity index (χ3n) is 10.6. The molecule has 3 saturated heterocycles. The van der Waals surface area contributed by atoms with Crippen LogP contribution in [0.25, 0.3) is 0 Å². The van der Waals surface area contributed by atoms with Gasteiger partial charge in [0, 0.05) is 18.9 Å². The number of carbonyl (C=O) groups is 2. The summed E-state index contributed by atoms with van der Waals surface area (Å²) in [5.41, 5.74) is 1.71. The minimum absolute atomic E-state index is 0.00924. The summed E-state index contributed by atoms with van der Waals surface area (Å²) in [6.45, 7) is 13.4. The molecule has 49 heavy (non-hydrogen) atoms. The minimum atomic E-state index is -1.92. The minimum Gasteiger partial charge on any atom is -0.462 e. The van der Waals surface area contributed by atoms with Crippen molar-refractivity contribution in [2.45, 2.75) is 129 Å². The maximum Gasteiger partial charge on any atom is 0.331 e. The van der Waals surface area contributed by atoms with Gasteiger partial charge < -0.3 is 39.0 Å². The standard InChI is InChI=1S/C39H54O10/c1-8-25(6)35-26(7)16-32(40)38(49-35)19-30-18-29(48-38)13-12-24(5)15-23(4)10-9-11-28-21-46-36-34(42)27(20-45-33(41)14-22(2)3)17-31(37(43)47-30)39(28,36)44/h8-12,14,17,23,26,29-32,34-36,40,42,44H,13,15-16,18-21H2,1-7H3/b10-9+,24-12+,25-8+,28-11+/t23-,26-,29+,30-,31-,32+,34+,35+,36?,38-,39+/m0/s1. The zero-order valence-corrected chi connectivity index (χ0v) is 29.9. The summed E-state index contributed by atoms with van der Waals surface area (Å²) in [4.78, 5) is 26.7. The topological polar surface area (TPSA) is 141 Å². The van der Waals surface area contributed by atoms with E-state index in [9.17, 15) is 24.9 Å². The van der Waals surface area contributed by atoms with Gasteiger partial charge in [-0.25, -0.2) is 4.79 Å². The third-order valence-corrected chi connectivity index (χ3v) is 10.6. The molecule has 0 aromatic heterocycles. The summed E-state index contributed by atoms with van der Waals surface area (Å²) >= 11 is 0. The lowest BCUT2D eigenvalue weighted by atomic mass is 9.70. The first kappa shape index (κ1) is 37.4. The fraction of sp³-hybridized carbons (Fsp3) is 0.641. The van der Waals surface area contributed by atoms with Gasteiger partial charge in [0.05, 0.1) is 18.8 Å². The van der Waals surface area contributed by atoms with Crippen LogP contribution in [-0.2, 0) is 33.3 Å². The number of hydrogen-bond donors (Lipinski definition) is 3. The van der Waals surface area contributed by atoms with Crippen LogP contribution < -0.4 is 0 Å². The molecule has 10 heteroatoms. The SMILES string of the molecule is C/C=C(\C)[C@H]1O[C@@]2(C[C@@H]3C[C@@H](C/C=C(\C)C[C@@H](C)/C=C/C=C4\COC5[C@H](O)C(COC(=O)C=C(C)C)=C[C@@H](C(=O)O3)[C@]45O)O2)[C@H](O)C[C@@H]1C. The Kier molecular flexibility index (Phi) is 11.6. The van der Waals surface area contributed by atoms with Crippen LogP contribution >= 0.6 is 0 Å². The highest BCUT2D eigenvalue weighted by Crippen LogP contribution is 2.48. The number of aliphatic hydroxyl groups excluding tert-OH is 2. The number of rotatable bonds is 4. The van der Waals surface area contributed by atoms with Gasteiger partial charge in [-0.05, 0) is 82.4 Å². The molecule has 4 heterocycles. The molecular formula is C39H54O10. The van der Waals surface area contributed by atoms with Crippen LogP contribution in [0.4, 0.5) is 0 Å². The van der Waals surface area contributed by atoms with Gasteiger partial charge in [-0.1, -0.05) is 61.4 Å². The Hall–Kier alpha value is -2.86. The Morgan fingerprint density at radius 2 is 1.88 bits per heavy atom. The van der Waals surface area contributed by atoms with Crippen molar-refractivity contribution in [2.24, 2.45) is 17.8 Å². The van der Waals surface area contributed by atoms with Gasteiger partial charge in [-0.2, -0.15) is 0 Å². The van der Waals surface area contributed by atoms with Crippen LogP contribution in [0.3, 0.4) is 0 Å². The van der Waals surface area contributed by atoms with E-state index in [1.165, 1.54) is 17.7 Å². The summed E-state index contributed by atoms with van der Waals surface area (Å²) in [6.07, 6.45) is 9.93. The molecule has 1 aliphatic carbocycles. The summed E-state index contributed by atoms with van der Waals surface area (Å²) in [5.74, 6) is -3.76. The summed E-state index contributed by atoms with van der Waals surface area (Å²) in [6, 6.07) is 0. The molecule has 0 amide bonds. The lowest BCUT2D eigenvalue weighted by Crippen LogP contribution is -2.62. The highest BCUT2D eigenvalue weighted by atomic mass is 16.7. The highest BCUT2D eigenvalue weighted by molar-refractivity contribution is 5.83. The van der Waals surface area contributed by atoms with E-state index < -0.39 is 59.8 Å². The number of fused-ring (bicyclic) bond motifs is 2. The molecule has 0 saturated carbocycles. The fourth-order valence-corrected chi connectivity index (χ4v) is 7.90. The lowest BCUT2D eigenvalue weighted by molar-refractivity contribution is -0.363. The maximum absolute atomic E-state index is 14.3. The van der Waals surface area contributed by atoms with Gasteiger partial charge >= 0.3 is 11.9 Å². The molecule has 0 aromatic rings. The van der Waals surface area contributed by atoms with Crippen molar-refractivity contribution in [3.8, 4) is 0 Å². The molecule has 5 rings (SSSR count). The van der Waals surface area contributed by atoms with Crippen molar-refractivity contribution in [1.29, 1.82) is 0 Å². The Morgan fingerprint density at radius 1 is 1.12 bits per heavy atom. The zero-order valence-electron chi connectivity index (χ0n) is 29.9. The van der Waals surface area contributed by atoms with E-state index in [0.29, 0.717) is 24.8 Å². The Morgan fingerprint density at radius 3 is 2.59 bits per heavy atom. The molecule has 270 valence electrons. The molecule has 1 unspecified atom stereocenters. The molecule has 3 N–H and O–H groups in total. The van der Waals surface area contributed by atoms with Gasteiger partial charge in [0.15, 0.2) is 5.79 Å². The summed E-state index contributed by atoms with van der Waals surface area (Å²) in [5, 5.41) is 35.3. The van der Waals surface area contributed by atoms with Crippen LogP contribution in [0.15, 0.2) is 70.4 Å². The summed E-state index contributed by atoms with van der Waals surface area (Å²) in [7, 11) is 0. The third kappa shape index (κ3) is 7.90. The van der Waals surface area contributed by atoms with Crippen LogP contribution in [0.2, 0.25) is 0 Å². The van der Waals surface area contributed by atoms with E-state index in [0.717, 1.165) is 17.6 Å². The number of esters is 2. The van der Waals surface area contributed by atoms with Crippen molar-refractivity contribution in [3.05, 3.63) is 70.4 Å². The smallest absolute Gasteiger partial charge is 0.331 e. The Labute approximate surface area is 290 Å². The number of allylic oxidation sites excluding steroid dienone is 6. The van der Waals surface area contributed by atoms with E-state index in [2.05, 4.69) is 19.9 Å². The molecular weight excluding hydrogens is 628 g/mol. The Balaban J connectivity index is 1.54. The number of hydrogen-bond acceptors (Lipinski definition) is 10. The van der Waals surface area contributed by atoms with E-state index in [-0.39, 0.29) is 43.1 Å². The van der Waals surface area contributed by atoms with Crippen LogP contribution in [0, 0.1) is 17.8 Å². The van der Waals surface area contributed by atoms with Crippen molar-refractivity contribution in [2.75, 3.05) is 13.2 Å². The number of ether oxygens (including phenoxy) is 5.